The minimum absolute atomic E-state index is 0. The molecule has 1 aliphatic carbocycles. The summed E-state index contributed by atoms with van der Waals surface area (Å²) in [5.41, 5.74) is 1.68. The Morgan fingerprint density at radius 2 is 1.94 bits per heavy atom. The molecule has 8 heteroatoms. The molecular formula is C24H38IN5O2. The molecule has 1 aliphatic heterocycles. The molecule has 3 rings (SSSR count). The standard InChI is InChI=1S/C24H37N5O2.HI/c1-18(8-9-19-6-4-3-5-7-19)28-24(25-2)27-16-20-10-12-21(13-11-20)23(31)29-15-14-26-22(30)17-29;/h10-13,18-19H,3-9,14-17H2,1-2H3,(H,26,30)(H2,25,27,28);1H. The van der Waals surface area contributed by atoms with Crippen molar-refractivity contribution in [1.82, 2.24) is 20.9 Å². The van der Waals surface area contributed by atoms with Gasteiger partial charge in [-0.1, -0.05) is 44.2 Å². The lowest BCUT2D eigenvalue weighted by molar-refractivity contribution is -0.123. The molecule has 0 bridgehead atoms. The number of carbonyl (C=O) groups is 2. The normalized spacial score (nSPS) is 18.4. The zero-order valence-electron chi connectivity index (χ0n) is 19.4. The van der Waals surface area contributed by atoms with E-state index in [2.05, 4.69) is 27.9 Å². The maximum atomic E-state index is 12.6. The zero-order chi connectivity index (χ0) is 22.1. The molecule has 2 amide bonds. The van der Waals surface area contributed by atoms with Gasteiger partial charge in [0.05, 0.1) is 6.54 Å². The third-order valence-electron chi connectivity index (χ3n) is 6.33. The van der Waals surface area contributed by atoms with Crippen LogP contribution in [0.5, 0.6) is 0 Å². The lowest BCUT2D eigenvalue weighted by Crippen LogP contribution is -2.49. The molecule has 1 heterocycles. The predicted molar refractivity (Wildman–Crippen MR) is 139 cm³/mol. The number of carbonyl (C=O) groups excluding carboxylic acids is 2. The van der Waals surface area contributed by atoms with Gasteiger partial charge in [0.1, 0.15) is 0 Å². The van der Waals surface area contributed by atoms with Gasteiger partial charge in [0.15, 0.2) is 5.96 Å². The molecule has 1 aromatic rings. The summed E-state index contributed by atoms with van der Waals surface area (Å²) in [5, 5.41) is 9.60. The molecule has 7 nitrogen and oxygen atoms in total. The van der Waals surface area contributed by atoms with Gasteiger partial charge in [-0.15, -0.1) is 24.0 Å². The molecule has 1 saturated carbocycles. The minimum atomic E-state index is -0.104. The SMILES string of the molecule is CN=C(NCc1ccc(C(=O)N2CCNC(=O)C2)cc1)NC(C)CCC1CCCCC1.I. The molecule has 32 heavy (non-hydrogen) atoms. The Kier molecular flexibility index (Phi) is 11.3. The second-order valence-corrected chi connectivity index (χ2v) is 8.83. The van der Waals surface area contributed by atoms with Crippen molar-refractivity contribution in [3.63, 3.8) is 0 Å². The van der Waals surface area contributed by atoms with E-state index in [0.29, 0.717) is 31.2 Å². The predicted octanol–water partition coefficient (Wildman–Crippen LogP) is 3.29. The monoisotopic (exact) mass is 555 g/mol. The number of piperazine rings is 1. The first-order chi connectivity index (χ1) is 15.0. The van der Waals surface area contributed by atoms with Crippen molar-refractivity contribution in [2.24, 2.45) is 10.9 Å². The Hall–Kier alpha value is -1.84. The van der Waals surface area contributed by atoms with Gasteiger partial charge in [0, 0.05) is 38.3 Å². The maximum Gasteiger partial charge on any atom is 0.254 e. The Morgan fingerprint density at radius 1 is 1.22 bits per heavy atom. The molecule has 0 aromatic heterocycles. The summed E-state index contributed by atoms with van der Waals surface area (Å²) in [5.74, 6) is 1.50. The van der Waals surface area contributed by atoms with Crippen LogP contribution in [0.15, 0.2) is 29.3 Å². The number of halogens is 1. The van der Waals surface area contributed by atoms with E-state index in [1.54, 1.807) is 11.9 Å². The average Bonchev–Trinajstić information content (AvgIpc) is 2.81. The van der Waals surface area contributed by atoms with Crippen molar-refractivity contribution >= 4 is 41.8 Å². The van der Waals surface area contributed by atoms with E-state index in [-0.39, 0.29) is 42.3 Å². The molecule has 3 N–H and O–H groups in total. The smallest absolute Gasteiger partial charge is 0.254 e. The van der Waals surface area contributed by atoms with Crippen LogP contribution in [0, 0.1) is 5.92 Å². The molecular weight excluding hydrogens is 517 g/mol. The number of hydrogen-bond donors (Lipinski definition) is 3. The highest BCUT2D eigenvalue weighted by Gasteiger charge is 2.22. The van der Waals surface area contributed by atoms with Gasteiger partial charge >= 0.3 is 0 Å². The van der Waals surface area contributed by atoms with Crippen molar-refractivity contribution in [2.75, 3.05) is 26.7 Å². The van der Waals surface area contributed by atoms with E-state index in [4.69, 9.17) is 0 Å². The number of nitrogens with one attached hydrogen (secondary N) is 3. The van der Waals surface area contributed by atoms with Crippen molar-refractivity contribution in [1.29, 1.82) is 0 Å². The Bertz CT molecular complexity index is 762. The molecule has 2 fully saturated rings. The molecule has 0 radical (unpaired) electrons. The lowest BCUT2D eigenvalue weighted by atomic mass is 9.85. The van der Waals surface area contributed by atoms with E-state index in [0.717, 1.165) is 23.9 Å². The molecule has 1 aromatic carbocycles. The number of rotatable bonds is 7. The van der Waals surface area contributed by atoms with Gasteiger partial charge in [0.25, 0.3) is 5.91 Å². The van der Waals surface area contributed by atoms with E-state index in [1.165, 1.54) is 38.5 Å². The summed E-state index contributed by atoms with van der Waals surface area (Å²) in [7, 11) is 1.79. The van der Waals surface area contributed by atoms with Gasteiger partial charge in [-0.05, 0) is 43.4 Å². The van der Waals surface area contributed by atoms with Gasteiger partial charge in [-0.3, -0.25) is 14.6 Å². The van der Waals surface area contributed by atoms with Crippen molar-refractivity contribution in [2.45, 2.75) is 64.5 Å². The molecule has 1 unspecified atom stereocenters. The van der Waals surface area contributed by atoms with Crippen LogP contribution in [0.25, 0.3) is 0 Å². The van der Waals surface area contributed by atoms with E-state index in [1.807, 2.05) is 24.3 Å². The second kappa shape index (κ2) is 13.6. The van der Waals surface area contributed by atoms with Gasteiger partial charge < -0.3 is 20.9 Å². The summed E-state index contributed by atoms with van der Waals surface area (Å²) in [6.07, 6.45) is 9.44. The molecule has 1 atom stereocenters. The van der Waals surface area contributed by atoms with Gasteiger partial charge in [-0.2, -0.15) is 0 Å². The summed E-state index contributed by atoms with van der Waals surface area (Å²) in [4.78, 5) is 30.0. The zero-order valence-corrected chi connectivity index (χ0v) is 21.7. The Morgan fingerprint density at radius 3 is 2.59 bits per heavy atom. The van der Waals surface area contributed by atoms with Crippen LogP contribution < -0.4 is 16.0 Å². The summed E-state index contributed by atoms with van der Waals surface area (Å²) >= 11 is 0. The van der Waals surface area contributed by atoms with Crippen molar-refractivity contribution in [3.8, 4) is 0 Å². The quantitative estimate of drug-likeness (QED) is 0.274. The van der Waals surface area contributed by atoms with E-state index >= 15 is 0 Å². The fourth-order valence-electron chi connectivity index (χ4n) is 4.41. The molecule has 0 spiro atoms. The van der Waals surface area contributed by atoms with Crippen LogP contribution >= 0.6 is 24.0 Å². The average molecular weight is 556 g/mol. The van der Waals surface area contributed by atoms with Gasteiger partial charge in [-0.25, -0.2) is 0 Å². The third-order valence-corrected chi connectivity index (χ3v) is 6.33. The van der Waals surface area contributed by atoms with Gasteiger partial charge in [0.2, 0.25) is 5.91 Å². The van der Waals surface area contributed by atoms with Crippen LogP contribution in [0.3, 0.4) is 0 Å². The fourth-order valence-corrected chi connectivity index (χ4v) is 4.41. The summed E-state index contributed by atoms with van der Waals surface area (Å²) in [6.45, 7) is 4.04. The number of hydrogen-bond acceptors (Lipinski definition) is 3. The molecule has 2 aliphatic rings. The molecule has 1 saturated heterocycles. The largest absolute Gasteiger partial charge is 0.354 e. The van der Waals surface area contributed by atoms with Crippen molar-refractivity contribution < 1.29 is 9.59 Å². The minimum Gasteiger partial charge on any atom is -0.354 e. The summed E-state index contributed by atoms with van der Waals surface area (Å²) in [6, 6.07) is 7.94. The van der Waals surface area contributed by atoms with Crippen LogP contribution in [0.4, 0.5) is 0 Å². The Labute approximate surface area is 209 Å². The highest BCUT2D eigenvalue weighted by Crippen LogP contribution is 2.27. The second-order valence-electron chi connectivity index (χ2n) is 8.83. The number of guanidine groups is 1. The number of nitrogens with zero attached hydrogens (tertiary/aromatic N) is 2. The number of benzene rings is 1. The maximum absolute atomic E-state index is 12.6. The highest BCUT2D eigenvalue weighted by atomic mass is 127. The number of aliphatic imine (C=N–C) groups is 1. The lowest BCUT2D eigenvalue weighted by Gasteiger charge is -2.26. The molecule has 178 valence electrons. The first kappa shape index (κ1) is 26.4. The summed E-state index contributed by atoms with van der Waals surface area (Å²) < 4.78 is 0. The van der Waals surface area contributed by atoms with Crippen LogP contribution in [0.1, 0.15) is 67.8 Å². The van der Waals surface area contributed by atoms with Crippen LogP contribution in [0.2, 0.25) is 0 Å². The van der Waals surface area contributed by atoms with Crippen molar-refractivity contribution in [3.05, 3.63) is 35.4 Å². The topological polar surface area (TPSA) is 85.8 Å². The Balaban J connectivity index is 0.00000363. The van der Waals surface area contributed by atoms with E-state index in [9.17, 15) is 9.59 Å². The highest BCUT2D eigenvalue weighted by molar-refractivity contribution is 14.0. The number of amides is 2. The first-order valence-corrected chi connectivity index (χ1v) is 11.7. The third kappa shape index (κ3) is 8.26. The van der Waals surface area contributed by atoms with Crippen LogP contribution in [-0.2, 0) is 11.3 Å². The fraction of sp³-hybridized carbons (Fsp3) is 0.625. The van der Waals surface area contributed by atoms with Crippen LogP contribution in [-0.4, -0.2) is 55.4 Å². The first-order valence-electron chi connectivity index (χ1n) is 11.7. The van der Waals surface area contributed by atoms with E-state index < -0.39 is 0 Å².